The van der Waals surface area contributed by atoms with Crippen LogP contribution < -0.4 is 15.4 Å². The number of anilines is 2. The SMILES string of the molecule is COc1cc(N2CCC(C(C)C)C2)c(F)cc1N. The van der Waals surface area contributed by atoms with E-state index in [1.165, 1.54) is 6.07 Å². The monoisotopic (exact) mass is 252 g/mol. The molecule has 1 aliphatic rings. The van der Waals surface area contributed by atoms with E-state index in [4.69, 9.17) is 10.5 Å². The van der Waals surface area contributed by atoms with E-state index < -0.39 is 0 Å². The van der Waals surface area contributed by atoms with E-state index in [2.05, 4.69) is 18.7 Å². The molecule has 0 saturated carbocycles. The van der Waals surface area contributed by atoms with Crippen LogP contribution in [-0.2, 0) is 0 Å². The molecular formula is C14H21FN2O. The van der Waals surface area contributed by atoms with Gasteiger partial charge in [0.05, 0.1) is 18.5 Å². The molecule has 2 rings (SSSR count). The molecule has 1 saturated heterocycles. The van der Waals surface area contributed by atoms with Gasteiger partial charge in [0.1, 0.15) is 11.6 Å². The van der Waals surface area contributed by atoms with Gasteiger partial charge in [-0.1, -0.05) is 13.8 Å². The van der Waals surface area contributed by atoms with Crippen molar-refractivity contribution in [3.63, 3.8) is 0 Å². The first-order chi connectivity index (χ1) is 8.52. The molecule has 1 aromatic carbocycles. The maximum atomic E-state index is 14.0. The van der Waals surface area contributed by atoms with Crippen LogP contribution in [-0.4, -0.2) is 20.2 Å². The summed E-state index contributed by atoms with van der Waals surface area (Å²) in [7, 11) is 1.55. The van der Waals surface area contributed by atoms with Gasteiger partial charge < -0.3 is 15.4 Å². The molecular weight excluding hydrogens is 231 g/mol. The summed E-state index contributed by atoms with van der Waals surface area (Å²) in [5, 5.41) is 0. The van der Waals surface area contributed by atoms with Gasteiger partial charge in [-0.05, 0) is 18.3 Å². The molecule has 1 aliphatic heterocycles. The molecule has 1 atom stereocenters. The zero-order valence-corrected chi connectivity index (χ0v) is 11.2. The van der Waals surface area contributed by atoms with Gasteiger partial charge in [0, 0.05) is 25.2 Å². The number of benzene rings is 1. The number of ether oxygens (including phenoxy) is 1. The van der Waals surface area contributed by atoms with Gasteiger partial charge in [-0.25, -0.2) is 4.39 Å². The fourth-order valence-corrected chi connectivity index (χ4v) is 2.53. The van der Waals surface area contributed by atoms with Crippen LogP contribution in [0.1, 0.15) is 20.3 Å². The highest BCUT2D eigenvalue weighted by molar-refractivity contribution is 5.63. The van der Waals surface area contributed by atoms with Gasteiger partial charge in [0.25, 0.3) is 0 Å². The molecule has 1 heterocycles. The molecule has 1 unspecified atom stereocenters. The van der Waals surface area contributed by atoms with Crippen LogP contribution in [0.15, 0.2) is 12.1 Å². The Hall–Kier alpha value is -1.45. The van der Waals surface area contributed by atoms with Crippen LogP contribution in [0.25, 0.3) is 0 Å². The first kappa shape index (κ1) is 13.0. The zero-order chi connectivity index (χ0) is 13.3. The van der Waals surface area contributed by atoms with E-state index in [0.717, 1.165) is 19.5 Å². The highest BCUT2D eigenvalue weighted by Gasteiger charge is 2.27. The summed E-state index contributed by atoms with van der Waals surface area (Å²) in [5.74, 6) is 1.54. The molecule has 0 aromatic heterocycles. The molecule has 18 heavy (non-hydrogen) atoms. The van der Waals surface area contributed by atoms with Gasteiger partial charge in [0.2, 0.25) is 0 Å². The Kier molecular flexibility index (Phi) is 3.64. The molecule has 3 nitrogen and oxygen atoms in total. The van der Waals surface area contributed by atoms with Crippen LogP contribution in [0.5, 0.6) is 5.75 Å². The number of methoxy groups -OCH3 is 1. The van der Waals surface area contributed by atoms with Crippen molar-refractivity contribution >= 4 is 11.4 Å². The summed E-state index contributed by atoms with van der Waals surface area (Å²) in [6.07, 6.45) is 1.11. The van der Waals surface area contributed by atoms with Crippen molar-refractivity contribution in [2.75, 3.05) is 30.8 Å². The second kappa shape index (κ2) is 5.04. The average Bonchev–Trinajstić information content (AvgIpc) is 2.78. The predicted molar refractivity (Wildman–Crippen MR) is 72.5 cm³/mol. The summed E-state index contributed by atoms with van der Waals surface area (Å²) < 4.78 is 19.1. The van der Waals surface area contributed by atoms with Crippen LogP contribution in [0.3, 0.4) is 0 Å². The quantitative estimate of drug-likeness (QED) is 0.841. The Morgan fingerprint density at radius 2 is 2.17 bits per heavy atom. The van der Waals surface area contributed by atoms with Crippen LogP contribution in [0.4, 0.5) is 15.8 Å². The van der Waals surface area contributed by atoms with Crippen LogP contribution in [0, 0.1) is 17.7 Å². The lowest BCUT2D eigenvalue weighted by molar-refractivity contribution is 0.415. The van der Waals surface area contributed by atoms with E-state index in [9.17, 15) is 4.39 Å². The molecule has 0 bridgehead atoms. The maximum Gasteiger partial charge on any atom is 0.148 e. The standard InChI is InChI=1S/C14H21FN2O/c1-9(2)10-4-5-17(8-10)13-7-14(18-3)12(16)6-11(13)15/h6-7,9-10H,4-5,8,16H2,1-3H3. The highest BCUT2D eigenvalue weighted by atomic mass is 19.1. The number of hydrogen-bond acceptors (Lipinski definition) is 3. The Morgan fingerprint density at radius 1 is 1.44 bits per heavy atom. The van der Waals surface area contributed by atoms with Crippen molar-refractivity contribution in [3.05, 3.63) is 17.9 Å². The van der Waals surface area contributed by atoms with Gasteiger partial charge >= 0.3 is 0 Å². The van der Waals surface area contributed by atoms with Crippen molar-refractivity contribution < 1.29 is 9.13 Å². The van der Waals surface area contributed by atoms with Gasteiger partial charge in [0.15, 0.2) is 0 Å². The number of rotatable bonds is 3. The molecule has 100 valence electrons. The number of nitrogens with two attached hydrogens (primary N) is 1. The number of halogens is 1. The number of nitrogen functional groups attached to an aromatic ring is 1. The molecule has 1 aromatic rings. The Labute approximate surface area is 108 Å². The second-order valence-electron chi connectivity index (χ2n) is 5.28. The molecule has 0 spiro atoms. The van der Waals surface area contributed by atoms with Gasteiger partial charge in [-0.15, -0.1) is 0 Å². The lowest BCUT2D eigenvalue weighted by Crippen LogP contribution is -2.22. The largest absolute Gasteiger partial charge is 0.495 e. The summed E-state index contributed by atoms with van der Waals surface area (Å²) in [4.78, 5) is 2.09. The minimum Gasteiger partial charge on any atom is -0.495 e. The first-order valence-electron chi connectivity index (χ1n) is 6.41. The van der Waals surface area contributed by atoms with Crippen molar-refractivity contribution in [1.82, 2.24) is 0 Å². The van der Waals surface area contributed by atoms with Crippen molar-refractivity contribution in [2.24, 2.45) is 11.8 Å². The average molecular weight is 252 g/mol. The van der Waals surface area contributed by atoms with Crippen molar-refractivity contribution in [3.8, 4) is 5.75 Å². The number of hydrogen-bond donors (Lipinski definition) is 1. The Balaban J connectivity index is 2.24. The predicted octanol–water partition coefficient (Wildman–Crippen LogP) is 2.90. The third kappa shape index (κ3) is 2.37. The van der Waals surface area contributed by atoms with E-state index in [1.54, 1.807) is 13.2 Å². The van der Waals surface area contributed by atoms with Crippen molar-refractivity contribution in [1.29, 1.82) is 0 Å². The summed E-state index contributed by atoms with van der Waals surface area (Å²) in [5.41, 5.74) is 6.64. The Bertz CT molecular complexity index is 434. The third-order valence-corrected chi connectivity index (χ3v) is 3.81. The molecule has 0 aliphatic carbocycles. The molecule has 0 radical (unpaired) electrons. The van der Waals surface area contributed by atoms with E-state index >= 15 is 0 Å². The Morgan fingerprint density at radius 3 is 2.72 bits per heavy atom. The fourth-order valence-electron chi connectivity index (χ4n) is 2.53. The minimum atomic E-state index is -0.266. The van der Waals surface area contributed by atoms with Gasteiger partial charge in [-0.3, -0.25) is 0 Å². The molecule has 4 heteroatoms. The molecule has 0 amide bonds. The fraction of sp³-hybridized carbons (Fsp3) is 0.571. The van der Waals surface area contributed by atoms with Gasteiger partial charge in [-0.2, -0.15) is 0 Å². The van der Waals surface area contributed by atoms with E-state index in [1.807, 2.05) is 0 Å². The molecule has 2 N–H and O–H groups in total. The van der Waals surface area contributed by atoms with Crippen LogP contribution >= 0.6 is 0 Å². The van der Waals surface area contributed by atoms with E-state index in [-0.39, 0.29) is 5.82 Å². The highest BCUT2D eigenvalue weighted by Crippen LogP contribution is 2.34. The smallest absolute Gasteiger partial charge is 0.148 e. The first-order valence-corrected chi connectivity index (χ1v) is 6.41. The molecule has 1 fully saturated rings. The second-order valence-corrected chi connectivity index (χ2v) is 5.28. The minimum absolute atomic E-state index is 0.266. The normalized spacial score (nSPS) is 19.6. The lowest BCUT2D eigenvalue weighted by Gasteiger charge is -2.21. The maximum absolute atomic E-state index is 14.0. The van der Waals surface area contributed by atoms with Crippen LogP contribution in [0.2, 0.25) is 0 Å². The summed E-state index contributed by atoms with van der Waals surface area (Å²) >= 11 is 0. The lowest BCUT2D eigenvalue weighted by atomic mass is 9.95. The topological polar surface area (TPSA) is 38.5 Å². The number of nitrogens with zero attached hydrogens (tertiary/aromatic N) is 1. The van der Waals surface area contributed by atoms with E-state index in [0.29, 0.717) is 29.0 Å². The zero-order valence-electron chi connectivity index (χ0n) is 11.2. The summed E-state index contributed by atoms with van der Waals surface area (Å²) in [6, 6.07) is 3.05. The third-order valence-electron chi connectivity index (χ3n) is 3.81. The van der Waals surface area contributed by atoms with Crippen molar-refractivity contribution in [2.45, 2.75) is 20.3 Å². The summed E-state index contributed by atoms with van der Waals surface area (Å²) in [6.45, 7) is 6.23.